The third kappa shape index (κ3) is 39.0. The van der Waals surface area contributed by atoms with Crippen molar-refractivity contribution in [3.05, 3.63) is 36.5 Å². The summed E-state index contributed by atoms with van der Waals surface area (Å²) in [5, 5.41) is 110. The van der Waals surface area contributed by atoms with Gasteiger partial charge in [0.25, 0.3) is 0 Å². The summed E-state index contributed by atoms with van der Waals surface area (Å²) in [6.07, 6.45) is 19.7. The first-order valence-corrected chi connectivity index (χ1v) is 40.3. The van der Waals surface area contributed by atoms with E-state index in [2.05, 4.69) is 32.9 Å². The molecular formula is C75H135O24P. The number of unbranched alkanes of at least 4 members (excludes halogenated alkanes) is 36. The predicted molar refractivity (Wildman–Crippen MR) is 379 cm³/mol. The standard InChI is InChI=1S/C75H135O24P/c1-4-7-10-13-16-19-22-25-28-31-34-37-40-43-46-49-59(77)91-53-56(94-61(79)51-48-45-42-39-36-33-30-27-24-21-18-15-12-9-6-3)54-93-100(89,90)99-73-71(97-74-69(87)64(82)62(80)57(52-76)95-74)67(85)66(84)68(86)72(73)98-75-70(88)65(83)63(81)58(96-75)55-92-60(78)50-47-44-41-38-35-32-29-26-23-20-17-14-11-8-5-2/h21,24,41,44,47,50,56-58,62-76,80-88H,4-20,22-23,25-40,42-43,45-46,48-49,51-55H2,1-3H3,(H,89,90)/b24-21-,44-41+,50-47+. The molecule has 3 fully saturated rings. The van der Waals surface area contributed by atoms with Crippen LogP contribution in [0.5, 0.6) is 0 Å². The fourth-order valence-corrected chi connectivity index (χ4v) is 13.6. The molecule has 18 atom stereocenters. The van der Waals surface area contributed by atoms with Crippen LogP contribution in [0.2, 0.25) is 0 Å². The van der Waals surface area contributed by atoms with E-state index in [4.69, 9.17) is 42.2 Å². The van der Waals surface area contributed by atoms with Crippen molar-refractivity contribution >= 4 is 25.7 Å². The molecule has 0 spiro atoms. The largest absolute Gasteiger partial charge is 0.472 e. The van der Waals surface area contributed by atoms with E-state index >= 15 is 0 Å². The second kappa shape index (κ2) is 56.5. The number of aliphatic hydroxyl groups is 10. The van der Waals surface area contributed by atoms with E-state index in [9.17, 15) is 74.9 Å². The summed E-state index contributed by atoms with van der Waals surface area (Å²) in [5.74, 6) is -2.22. The lowest BCUT2D eigenvalue weighted by molar-refractivity contribution is -0.360. The molecule has 1 saturated carbocycles. The zero-order valence-electron chi connectivity index (χ0n) is 61.0. The Bertz CT molecular complexity index is 2210. The van der Waals surface area contributed by atoms with Crippen molar-refractivity contribution < 1.29 is 117 Å². The normalized spacial score (nSPS) is 27.5. The summed E-state index contributed by atoms with van der Waals surface area (Å²) in [4.78, 5) is 50.9. The fraction of sp³-hybridized carbons (Fsp3) is 0.880. The van der Waals surface area contributed by atoms with Crippen LogP contribution in [-0.4, -0.2) is 204 Å². The Morgan fingerprint density at radius 2 is 0.780 bits per heavy atom. The molecule has 1 aliphatic carbocycles. The number of hydrogen-bond donors (Lipinski definition) is 11. The molecule has 25 heteroatoms. The minimum Gasteiger partial charge on any atom is -0.462 e. The molecule has 3 rings (SSSR count). The quantitative estimate of drug-likeness (QED) is 0.00512. The van der Waals surface area contributed by atoms with Crippen LogP contribution in [0.25, 0.3) is 0 Å². The van der Waals surface area contributed by atoms with Gasteiger partial charge in [0.15, 0.2) is 18.7 Å². The number of carbonyl (C=O) groups excluding carboxylic acids is 3. The Labute approximate surface area is 597 Å². The van der Waals surface area contributed by atoms with E-state index in [-0.39, 0.29) is 12.8 Å². The topological polar surface area (TPSA) is 374 Å². The average molecular weight is 1450 g/mol. The second-order valence-corrected chi connectivity index (χ2v) is 29.2. The van der Waals surface area contributed by atoms with Crippen LogP contribution < -0.4 is 0 Å². The van der Waals surface area contributed by atoms with Crippen molar-refractivity contribution in [2.24, 2.45) is 0 Å². The number of aliphatic hydroxyl groups excluding tert-OH is 10. The van der Waals surface area contributed by atoms with E-state index in [1.165, 1.54) is 141 Å². The number of hydrogen-bond acceptors (Lipinski definition) is 23. The monoisotopic (exact) mass is 1450 g/mol. The molecule has 2 heterocycles. The number of rotatable bonds is 60. The minimum atomic E-state index is -5.71. The SMILES string of the molecule is CCCCCC/C=C\CCCCCCCCCC(=O)OC(COC(=O)CCCCCCCCCCCCCCCCC)COP(=O)(O)OC1C(OC2OC(CO)C(O)C(O)C2O)C(O)C(O)C(O)C1OC1OC(COC(=O)/C=C/C=C/CCCCCCCCCCCCC)C(O)C(O)C1O. The molecule has 2 saturated heterocycles. The highest BCUT2D eigenvalue weighted by Gasteiger charge is 2.58. The zero-order chi connectivity index (χ0) is 73.2. The van der Waals surface area contributed by atoms with Crippen molar-refractivity contribution in [3.63, 3.8) is 0 Å². The van der Waals surface area contributed by atoms with Crippen molar-refractivity contribution in [1.29, 1.82) is 0 Å². The first-order valence-electron chi connectivity index (χ1n) is 38.8. The molecule has 2 aliphatic heterocycles. The predicted octanol–water partition coefficient (Wildman–Crippen LogP) is 11.1. The van der Waals surface area contributed by atoms with Crippen LogP contribution in [0.1, 0.15) is 290 Å². The maximum atomic E-state index is 14.3. The van der Waals surface area contributed by atoms with E-state index in [1.54, 1.807) is 6.08 Å². The highest BCUT2D eigenvalue weighted by Crippen LogP contribution is 2.49. The van der Waals surface area contributed by atoms with Crippen LogP contribution in [0, 0.1) is 0 Å². The molecule has 0 bridgehead atoms. The van der Waals surface area contributed by atoms with Gasteiger partial charge in [0.2, 0.25) is 0 Å². The third-order valence-electron chi connectivity index (χ3n) is 19.0. The molecule has 3 aliphatic rings. The molecule has 18 unspecified atom stereocenters. The summed E-state index contributed by atoms with van der Waals surface area (Å²) >= 11 is 0. The first kappa shape index (κ1) is 91.4. The average Bonchev–Trinajstić information content (AvgIpc) is 0.761. The summed E-state index contributed by atoms with van der Waals surface area (Å²) in [5.41, 5.74) is 0. The van der Waals surface area contributed by atoms with Gasteiger partial charge in [-0.1, -0.05) is 257 Å². The van der Waals surface area contributed by atoms with Crippen molar-refractivity contribution in [1.82, 2.24) is 0 Å². The lowest BCUT2D eigenvalue weighted by Crippen LogP contribution is -2.69. The number of carbonyl (C=O) groups is 3. The number of esters is 3. The van der Waals surface area contributed by atoms with Gasteiger partial charge < -0.3 is 89.1 Å². The molecule has 0 amide bonds. The van der Waals surface area contributed by atoms with Gasteiger partial charge in [0.05, 0.1) is 13.2 Å². The summed E-state index contributed by atoms with van der Waals surface area (Å²) in [6.45, 7) is 3.36. The van der Waals surface area contributed by atoms with E-state index < -0.39 is 156 Å². The van der Waals surface area contributed by atoms with Crippen LogP contribution in [0.3, 0.4) is 0 Å². The number of phosphoric acid groups is 1. The highest BCUT2D eigenvalue weighted by molar-refractivity contribution is 7.47. The van der Waals surface area contributed by atoms with Crippen molar-refractivity contribution in [2.75, 3.05) is 26.4 Å². The van der Waals surface area contributed by atoms with Crippen LogP contribution in [-0.2, 0) is 61.2 Å². The van der Waals surface area contributed by atoms with Gasteiger partial charge in [-0.3, -0.25) is 18.6 Å². The maximum absolute atomic E-state index is 14.3. The van der Waals surface area contributed by atoms with Crippen LogP contribution in [0.4, 0.5) is 0 Å². The van der Waals surface area contributed by atoms with E-state index in [1.807, 2.05) is 6.08 Å². The molecule has 0 aromatic rings. The maximum Gasteiger partial charge on any atom is 0.472 e. The summed E-state index contributed by atoms with van der Waals surface area (Å²) in [6, 6.07) is 0. The molecule has 0 aromatic heterocycles. The third-order valence-corrected chi connectivity index (χ3v) is 20.0. The lowest BCUT2D eigenvalue weighted by atomic mass is 9.84. The second-order valence-electron chi connectivity index (χ2n) is 27.8. The smallest absolute Gasteiger partial charge is 0.462 e. The minimum absolute atomic E-state index is 0.0443. The summed E-state index contributed by atoms with van der Waals surface area (Å²) in [7, 11) is -5.71. The molecular weight excluding hydrogens is 1320 g/mol. The van der Waals surface area contributed by atoms with Crippen LogP contribution in [0.15, 0.2) is 36.5 Å². The molecule has 11 N–H and O–H groups in total. The number of allylic oxidation sites excluding steroid dienone is 5. The number of ether oxygens (including phenoxy) is 7. The zero-order valence-corrected chi connectivity index (χ0v) is 61.9. The van der Waals surface area contributed by atoms with Gasteiger partial charge >= 0.3 is 25.7 Å². The number of phosphoric ester groups is 1. The van der Waals surface area contributed by atoms with Gasteiger partial charge in [0.1, 0.15) is 98.7 Å². The van der Waals surface area contributed by atoms with Gasteiger partial charge in [-0.25, -0.2) is 9.36 Å². The molecule has 584 valence electrons. The van der Waals surface area contributed by atoms with Crippen LogP contribution >= 0.6 is 7.82 Å². The van der Waals surface area contributed by atoms with Gasteiger partial charge in [-0.2, -0.15) is 0 Å². The highest BCUT2D eigenvalue weighted by atomic mass is 31.2. The van der Waals surface area contributed by atoms with Gasteiger partial charge in [0, 0.05) is 18.9 Å². The van der Waals surface area contributed by atoms with Gasteiger partial charge in [-0.05, 0) is 51.4 Å². The molecule has 100 heavy (non-hydrogen) atoms. The van der Waals surface area contributed by atoms with Crippen molar-refractivity contribution in [2.45, 2.75) is 395 Å². The first-order chi connectivity index (χ1) is 48.3. The molecule has 0 aromatic carbocycles. The molecule has 0 radical (unpaired) electrons. The van der Waals surface area contributed by atoms with E-state index in [0.29, 0.717) is 12.8 Å². The summed E-state index contributed by atoms with van der Waals surface area (Å²) < 4.78 is 64.9. The Hall–Kier alpha value is -2.82. The Morgan fingerprint density at radius 1 is 0.410 bits per heavy atom. The van der Waals surface area contributed by atoms with Crippen molar-refractivity contribution in [3.8, 4) is 0 Å². The molecule has 24 nitrogen and oxygen atoms in total. The Morgan fingerprint density at radius 3 is 1.22 bits per heavy atom. The van der Waals surface area contributed by atoms with E-state index in [0.717, 1.165) is 115 Å². The Balaban J connectivity index is 1.74. The fourth-order valence-electron chi connectivity index (χ4n) is 12.7. The van der Waals surface area contributed by atoms with Gasteiger partial charge in [-0.15, -0.1) is 0 Å². The lowest BCUT2D eigenvalue weighted by Gasteiger charge is -2.49. The Kier molecular flexibility index (Phi) is 51.6.